The van der Waals surface area contributed by atoms with Crippen molar-refractivity contribution in [3.05, 3.63) is 41.5 Å². The fraction of sp³-hybridized carbons (Fsp3) is 0.308. The number of pyridine rings is 1. The number of amides is 1. The number of nitrogens with two attached hydrogens (primary N) is 1. The number of carbonyl (C=O) groups excluding carboxylic acids is 1. The van der Waals surface area contributed by atoms with Gasteiger partial charge in [0.05, 0.1) is 24.0 Å². The molecule has 0 unspecified atom stereocenters. The Hall–Kier alpha value is -2.41. The van der Waals surface area contributed by atoms with Crippen molar-refractivity contribution in [3.8, 4) is 0 Å². The summed E-state index contributed by atoms with van der Waals surface area (Å²) in [4.78, 5) is 16.2. The monoisotopic (exact) mass is 274 g/mol. The zero-order valence-corrected chi connectivity index (χ0v) is 11.6. The topological polar surface area (TPSA) is 97.9 Å². The molecule has 0 fully saturated rings. The second kappa shape index (κ2) is 6.16. The predicted octanol–water partition coefficient (Wildman–Crippen LogP) is 0.611. The van der Waals surface area contributed by atoms with Crippen LogP contribution >= 0.6 is 0 Å². The van der Waals surface area contributed by atoms with Crippen molar-refractivity contribution in [2.75, 3.05) is 12.0 Å². The molecule has 0 radical (unpaired) electrons. The number of hydrogen-bond donors (Lipinski definition) is 3. The van der Waals surface area contributed by atoms with Gasteiger partial charge >= 0.3 is 0 Å². The van der Waals surface area contributed by atoms with E-state index in [2.05, 4.69) is 20.8 Å². The highest BCUT2D eigenvalue weighted by atomic mass is 16.1. The van der Waals surface area contributed by atoms with Crippen LogP contribution in [0.1, 0.15) is 21.6 Å². The molecule has 0 aromatic carbocycles. The molecule has 4 N–H and O–H groups in total. The molecule has 0 aliphatic rings. The van der Waals surface area contributed by atoms with Gasteiger partial charge < -0.3 is 10.7 Å². The van der Waals surface area contributed by atoms with Crippen molar-refractivity contribution in [1.82, 2.24) is 20.1 Å². The Morgan fingerprint density at radius 3 is 2.85 bits per heavy atom. The van der Waals surface area contributed by atoms with E-state index in [0.29, 0.717) is 24.3 Å². The molecule has 2 aromatic heterocycles. The van der Waals surface area contributed by atoms with Gasteiger partial charge in [0.1, 0.15) is 0 Å². The lowest BCUT2D eigenvalue weighted by molar-refractivity contribution is 0.0952. The van der Waals surface area contributed by atoms with Crippen LogP contribution in [0.3, 0.4) is 0 Å². The molecule has 20 heavy (non-hydrogen) atoms. The number of nitrogen functional groups attached to an aromatic ring is 1. The Bertz CT molecular complexity index is 607. The fourth-order valence-electron chi connectivity index (χ4n) is 1.83. The average Bonchev–Trinajstić information content (AvgIpc) is 2.84. The summed E-state index contributed by atoms with van der Waals surface area (Å²) in [6, 6.07) is 1.73. The number of hydrogen-bond acceptors (Lipinski definition) is 5. The summed E-state index contributed by atoms with van der Waals surface area (Å²) in [6.45, 7) is 4.91. The number of anilines is 1. The van der Waals surface area contributed by atoms with Crippen LogP contribution in [0.25, 0.3) is 0 Å². The van der Waals surface area contributed by atoms with Gasteiger partial charge in [0.15, 0.2) is 0 Å². The minimum absolute atomic E-state index is 0.214. The molecular weight excluding hydrogens is 256 g/mol. The third-order valence-corrected chi connectivity index (χ3v) is 2.83. The van der Waals surface area contributed by atoms with Gasteiger partial charge in [-0.2, -0.15) is 5.10 Å². The summed E-state index contributed by atoms with van der Waals surface area (Å²) in [5.74, 6) is 5.19. The summed E-state index contributed by atoms with van der Waals surface area (Å²) < 4.78 is 1.78. The van der Waals surface area contributed by atoms with Crippen LogP contribution in [0, 0.1) is 13.8 Å². The van der Waals surface area contributed by atoms with Gasteiger partial charge in [0, 0.05) is 24.6 Å². The van der Waals surface area contributed by atoms with Crippen LogP contribution in [0.15, 0.2) is 24.7 Å². The standard InChI is InChI=1S/C13H18N6O/c1-9-6-17-19(8-9)4-3-15-13(20)11-7-16-10(2)5-12(11)18-14/h5-8H,3-4,14H2,1-2H3,(H,15,20)(H,16,18). The van der Waals surface area contributed by atoms with Crippen LogP contribution in [-0.2, 0) is 6.54 Å². The van der Waals surface area contributed by atoms with Gasteiger partial charge in [-0.25, -0.2) is 0 Å². The third kappa shape index (κ3) is 3.33. The van der Waals surface area contributed by atoms with Crippen molar-refractivity contribution >= 4 is 11.6 Å². The van der Waals surface area contributed by atoms with Crippen molar-refractivity contribution < 1.29 is 4.79 Å². The van der Waals surface area contributed by atoms with E-state index in [4.69, 9.17) is 5.84 Å². The second-order valence-corrected chi connectivity index (χ2v) is 4.55. The van der Waals surface area contributed by atoms with E-state index in [9.17, 15) is 4.79 Å². The number of aryl methyl sites for hydroxylation is 2. The first kappa shape index (κ1) is 14.0. The van der Waals surface area contributed by atoms with Crippen molar-refractivity contribution in [3.63, 3.8) is 0 Å². The summed E-state index contributed by atoms with van der Waals surface area (Å²) in [5.41, 5.74) is 5.38. The quantitative estimate of drug-likeness (QED) is 0.548. The zero-order chi connectivity index (χ0) is 14.5. The maximum Gasteiger partial charge on any atom is 0.255 e. The lowest BCUT2D eigenvalue weighted by Crippen LogP contribution is -2.28. The molecule has 7 heteroatoms. The van der Waals surface area contributed by atoms with Crippen molar-refractivity contribution in [2.45, 2.75) is 20.4 Å². The molecule has 1 amide bonds. The molecular formula is C13H18N6O. The van der Waals surface area contributed by atoms with Crippen LogP contribution in [-0.4, -0.2) is 27.2 Å². The number of carbonyl (C=O) groups is 1. The Labute approximate surface area is 117 Å². The number of rotatable bonds is 5. The molecule has 106 valence electrons. The number of aromatic nitrogens is 3. The normalized spacial score (nSPS) is 10.3. The lowest BCUT2D eigenvalue weighted by atomic mass is 10.2. The average molecular weight is 274 g/mol. The van der Waals surface area contributed by atoms with Gasteiger partial charge in [0.25, 0.3) is 5.91 Å². The predicted molar refractivity (Wildman–Crippen MR) is 76.1 cm³/mol. The minimum Gasteiger partial charge on any atom is -0.350 e. The minimum atomic E-state index is -0.214. The Balaban J connectivity index is 1.95. The van der Waals surface area contributed by atoms with Gasteiger partial charge in [-0.15, -0.1) is 0 Å². The van der Waals surface area contributed by atoms with E-state index in [-0.39, 0.29) is 5.91 Å². The highest BCUT2D eigenvalue weighted by Crippen LogP contribution is 2.13. The maximum absolute atomic E-state index is 12.1. The molecule has 0 spiro atoms. The molecule has 0 aliphatic carbocycles. The zero-order valence-electron chi connectivity index (χ0n) is 11.6. The van der Waals surface area contributed by atoms with E-state index < -0.39 is 0 Å². The van der Waals surface area contributed by atoms with Crippen LogP contribution in [0.5, 0.6) is 0 Å². The smallest absolute Gasteiger partial charge is 0.255 e. The lowest BCUT2D eigenvalue weighted by Gasteiger charge is -2.10. The second-order valence-electron chi connectivity index (χ2n) is 4.55. The van der Waals surface area contributed by atoms with Gasteiger partial charge in [0.2, 0.25) is 0 Å². The van der Waals surface area contributed by atoms with E-state index in [0.717, 1.165) is 11.3 Å². The molecule has 0 saturated heterocycles. The SMILES string of the molecule is Cc1cnn(CCNC(=O)c2cnc(C)cc2NN)c1. The highest BCUT2D eigenvalue weighted by Gasteiger charge is 2.11. The first-order valence-electron chi connectivity index (χ1n) is 6.30. The Morgan fingerprint density at radius 2 is 2.20 bits per heavy atom. The molecule has 0 bridgehead atoms. The number of hydrazine groups is 1. The largest absolute Gasteiger partial charge is 0.350 e. The van der Waals surface area contributed by atoms with Crippen LogP contribution in [0.4, 0.5) is 5.69 Å². The molecule has 0 saturated carbocycles. The molecule has 2 heterocycles. The van der Waals surface area contributed by atoms with E-state index in [1.807, 2.05) is 20.0 Å². The first-order valence-corrected chi connectivity index (χ1v) is 6.30. The summed E-state index contributed by atoms with van der Waals surface area (Å²) in [6.07, 6.45) is 5.21. The van der Waals surface area contributed by atoms with Crippen molar-refractivity contribution in [2.24, 2.45) is 5.84 Å². The van der Waals surface area contributed by atoms with Gasteiger partial charge in [-0.05, 0) is 25.5 Å². The van der Waals surface area contributed by atoms with Gasteiger partial charge in [-0.1, -0.05) is 0 Å². The Morgan fingerprint density at radius 1 is 1.40 bits per heavy atom. The first-order chi connectivity index (χ1) is 9.60. The molecule has 0 aliphatic heterocycles. The summed E-state index contributed by atoms with van der Waals surface area (Å²) in [7, 11) is 0. The van der Waals surface area contributed by atoms with E-state index in [1.54, 1.807) is 16.9 Å². The molecule has 0 atom stereocenters. The fourth-order valence-corrected chi connectivity index (χ4v) is 1.83. The molecule has 7 nitrogen and oxygen atoms in total. The van der Waals surface area contributed by atoms with Crippen molar-refractivity contribution in [1.29, 1.82) is 0 Å². The number of nitrogens with zero attached hydrogens (tertiary/aromatic N) is 3. The number of nitrogens with one attached hydrogen (secondary N) is 2. The van der Waals surface area contributed by atoms with E-state index in [1.165, 1.54) is 6.20 Å². The van der Waals surface area contributed by atoms with Gasteiger partial charge in [-0.3, -0.25) is 20.3 Å². The maximum atomic E-state index is 12.1. The molecule has 2 rings (SSSR count). The summed E-state index contributed by atoms with van der Waals surface area (Å²) >= 11 is 0. The molecule has 2 aromatic rings. The summed E-state index contributed by atoms with van der Waals surface area (Å²) in [5, 5.41) is 6.97. The Kier molecular flexibility index (Phi) is 4.31. The highest BCUT2D eigenvalue weighted by molar-refractivity contribution is 5.99. The van der Waals surface area contributed by atoms with E-state index >= 15 is 0 Å². The van der Waals surface area contributed by atoms with Crippen LogP contribution in [0.2, 0.25) is 0 Å². The van der Waals surface area contributed by atoms with Crippen LogP contribution < -0.4 is 16.6 Å². The third-order valence-electron chi connectivity index (χ3n) is 2.83.